The van der Waals surface area contributed by atoms with Crippen LogP contribution < -0.4 is 10.6 Å². The Morgan fingerprint density at radius 2 is 1.79 bits per heavy atom. The van der Waals surface area contributed by atoms with Gasteiger partial charge in [-0.25, -0.2) is 9.18 Å². The number of fused-ring (bicyclic) bond motifs is 1. The number of nitrogens with zero attached hydrogens (tertiary/aromatic N) is 2. The van der Waals surface area contributed by atoms with E-state index < -0.39 is 17.6 Å². The Kier molecular flexibility index (Phi) is 5.61. The van der Waals surface area contributed by atoms with Gasteiger partial charge in [0.05, 0.1) is 11.5 Å². The van der Waals surface area contributed by atoms with Gasteiger partial charge in [0.25, 0.3) is 0 Å². The Labute approximate surface area is 193 Å². The third kappa shape index (κ3) is 4.53. The van der Waals surface area contributed by atoms with Gasteiger partial charge in [0.1, 0.15) is 5.82 Å². The van der Waals surface area contributed by atoms with E-state index in [1.165, 1.54) is 6.07 Å². The standard InChI is InChI=1S/C24H24F4N4O2/c25-20-10-17(6-7-19(20)24(26,27)28)29-21-3-1-2-14-11-31(9-8-18(14)21)22(33)15-12-32(13-15)23(34)30-16-4-5-16/h1-3,6-7,10,15-16,29H,4-5,8-9,11-13H2,(H,30,34). The summed E-state index contributed by atoms with van der Waals surface area (Å²) in [4.78, 5) is 28.4. The number of likely N-dealkylation sites (tertiary alicyclic amines) is 1. The van der Waals surface area contributed by atoms with E-state index in [2.05, 4.69) is 10.6 Å². The van der Waals surface area contributed by atoms with Gasteiger partial charge < -0.3 is 20.4 Å². The molecular weight excluding hydrogens is 452 g/mol. The van der Waals surface area contributed by atoms with E-state index in [1.54, 1.807) is 21.9 Å². The highest BCUT2D eigenvalue weighted by atomic mass is 19.4. The molecule has 2 aliphatic heterocycles. The summed E-state index contributed by atoms with van der Waals surface area (Å²) in [5.41, 5.74) is 1.47. The topological polar surface area (TPSA) is 64.7 Å². The molecule has 5 rings (SSSR count). The largest absolute Gasteiger partial charge is 0.419 e. The van der Waals surface area contributed by atoms with Crippen molar-refractivity contribution in [3.05, 3.63) is 58.9 Å². The fourth-order valence-corrected chi connectivity index (χ4v) is 4.45. The molecule has 1 saturated carbocycles. The van der Waals surface area contributed by atoms with Crippen molar-refractivity contribution >= 4 is 23.3 Å². The molecule has 3 amide bonds. The van der Waals surface area contributed by atoms with E-state index in [9.17, 15) is 27.2 Å². The summed E-state index contributed by atoms with van der Waals surface area (Å²) in [7, 11) is 0. The van der Waals surface area contributed by atoms with Crippen molar-refractivity contribution in [1.29, 1.82) is 0 Å². The summed E-state index contributed by atoms with van der Waals surface area (Å²) in [5, 5.41) is 5.94. The molecule has 0 radical (unpaired) electrons. The average Bonchev–Trinajstić information content (AvgIpc) is 3.55. The van der Waals surface area contributed by atoms with Crippen LogP contribution in [0.5, 0.6) is 0 Å². The fourth-order valence-electron chi connectivity index (χ4n) is 4.45. The zero-order valence-corrected chi connectivity index (χ0v) is 18.3. The molecule has 0 atom stereocenters. The van der Waals surface area contributed by atoms with Gasteiger partial charge in [0.15, 0.2) is 0 Å². The Morgan fingerprint density at radius 1 is 1.03 bits per heavy atom. The number of carbonyl (C=O) groups excluding carboxylic acids is 2. The minimum Gasteiger partial charge on any atom is -0.355 e. The number of halogens is 4. The molecule has 10 heteroatoms. The van der Waals surface area contributed by atoms with E-state index in [0.717, 1.165) is 36.1 Å². The van der Waals surface area contributed by atoms with E-state index in [0.29, 0.717) is 38.3 Å². The van der Waals surface area contributed by atoms with E-state index in [1.807, 2.05) is 6.07 Å². The zero-order valence-electron chi connectivity index (χ0n) is 18.3. The molecule has 1 aliphatic carbocycles. The van der Waals surface area contributed by atoms with Crippen LogP contribution in [-0.2, 0) is 23.9 Å². The maximum absolute atomic E-state index is 14.0. The Morgan fingerprint density at radius 3 is 2.47 bits per heavy atom. The molecule has 2 heterocycles. The van der Waals surface area contributed by atoms with Crippen LogP contribution in [0.2, 0.25) is 0 Å². The number of benzene rings is 2. The lowest BCUT2D eigenvalue weighted by molar-refractivity contribution is -0.141. The van der Waals surface area contributed by atoms with Crippen LogP contribution in [-0.4, -0.2) is 47.4 Å². The van der Waals surface area contributed by atoms with Gasteiger partial charge in [-0.3, -0.25) is 4.79 Å². The van der Waals surface area contributed by atoms with Crippen molar-refractivity contribution in [2.45, 2.75) is 38.0 Å². The van der Waals surface area contributed by atoms with Crippen molar-refractivity contribution in [3.8, 4) is 0 Å². The molecule has 6 nitrogen and oxygen atoms in total. The number of anilines is 2. The predicted octanol–water partition coefficient (Wildman–Crippen LogP) is 4.28. The second kappa shape index (κ2) is 8.48. The summed E-state index contributed by atoms with van der Waals surface area (Å²) in [6, 6.07) is 8.42. The SMILES string of the molecule is O=C(NC1CC1)N1CC(C(=O)N2CCc3c(cccc3Nc3ccc(C(F)(F)F)c(F)c3)C2)C1. The van der Waals surface area contributed by atoms with Crippen molar-refractivity contribution in [3.63, 3.8) is 0 Å². The molecule has 0 aromatic heterocycles. The summed E-state index contributed by atoms with van der Waals surface area (Å²) < 4.78 is 52.4. The maximum Gasteiger partial charge on any atom is 0.419 e. The number of amides is 3. The summed E-state index contributed by atoms with van der Waals surface area (Å²) in [6.45, 7) is 1.75. The van der Waals surface area contributed by atoms with Gasteiger partial charge >= 0.3 is 12.2 Å². The van der Waals surface area contributed by atoms with Crippen molar-refractivity contribution < 1.29 is 27.2 Å². The molecule has 2 aromatic rings. The molecule has 34 heavy (non-hydrogen) atoms. The second-order valence-corrected chi connectivity index (χ2v) is 9.10. The van der Waals surface area contributed by atoms with Crippen LogP contribution in [0.4, 0.5) is 33.7 Å². The van der Waals surface area contributed by atoms with Crippen LogP contribution in [0.3, 0.4) is 0 Å². The fraction of sp³-hybridized carbons (Fsp3) is 0.417. The second-order valence-electron chi connectivity index (χ2n) is 9.10. The highest BCUT2D eigenvalue weighted by molar-refractivity contribution is 5.84. The van der Waals surface area contributed by atoms with Gasteiger partial charge in [-0.2, -0.15) is 13.2 Å². The summed E-state index contributed by atoms with van der Waals surface area (Å²) in [6.07, 6.45) is -2.16. The molecule has 2 aromatic carbocycles. The van der Waals surface area contributed by atoms with Crippen LogP contribution in [0, 0.1) is 11.7 Å². The Balaban J connectivity index is 1.22. The highest BCUT2D eigenvalue weighted by Gasteiger charge is 2.40. The molecule has 0 bridgehead atoms. The normalized spacial score (nSPS) is 18.2. The molecule has 1 saturated heterocycles. The van der Waals surface area contributed by atoms with Crippen molar-refractivity contribution in [1.82, 2.24) is 15.1 Å². The summed E-state index contributed by atoms with van der Waals surface area (Å²) in [5.74, 6) is -1.52. The number of alkyl halides is 3. The maximum atomic E-state index is 14.0. The number of rotatable bonds is 4. The molecule has 180 valence electrons. The smallest absolute Gasteiger partial charge is 0.355 e. The number of hydrogen-bond donors (Lipinski definition) is 2. The minimum absolute atomic E-state index is 0.0179. The van der Waals surface area contributed by atoms with Gasteiger partial charge in [0, 0.05) is 43.6 Å². The first kappa shape index (κ1) is 22.5. The first-order valence-electron chi connectivity index (χ1n) is 11.3. The Hall–Kier alpha value is -3.30. The molecule has 0 spiro atoms. The quantitative estimate of drug-likeness (QED) is 0.648. The molecule has 2 N–H and O–H groups in total. The van der Waals surface area contributed by atoms with Crippen molar-refractivity contribution in [2.75, 3.05) is 25.0 Å². The van der Waals surface area contributed by atoms with Crippen LogP contribution in [0.1, 0.15) is 29.5 Å². The highest BCUT2D eigenvalue weighted by Crippen LogP contribution is 2.34. The van der Waals surface area contributed by atoms with Crippen LogP contribution in [0.25, 0.3) is 0 Å². The minimum atomic E-state index is -4.75. The third-order valence-corrected chi connectivity index (χ3v) is 6.55. The molecule has 3 aliphatic rings. The number of carbonyl (C=O) groups is 2. The number of urea groups is 1. The van der Waals surface area contributed by atoms with Crippen molar-refractivity contribution in [2.24, 2.45) is 5.92 Å². The third-order valence-electron chi connectivity index (χ3n) is 6.55. The lowest BCUT2D eigenvalue weighted by Gasteiger charge is -2.41. The first-order chi connectivity index (χ1) is 16.2. The summed E-state index contributed by atoms with van der Waals surface area (Å²) >= 11 is 0. The number of nitrogens with one attached hydrogen (secondary N) is 2. The van der Waals surface area contributed by atoms with Gasteiger partial charge in [-0.15, -0.1) is 0 Å². The molecular formula is C24H24F4N4O2. The Bertz CT molecular complexity index is 1130. The number of hydrogen-bond acceptors (Lipinski definition) is 3. The van der Waals surface area contributed by atoms with E-state index in [-0.39, 0.29) is 29.6 Å². The van der Waals surface area contributed by atoms with Crippen LogP contribution in [0.15, 0.2) is 36.4 Å². The van der Waals surface area contributed by atoms with E-state index >= 15 is 0 Å². The molecule has 0 unspecified atom stereocenters. The van der Waals surface area contributed by atoms with E-state index in [4.69, 9.17) is 0 Å². The van der Waals surface area contributed by atoms with Gasteiger partial charge in [-0.05, 0) is 54.7 Å². The average molecular weight is 476 g/mol. The molecule has 2 fully saturated rings. The van der Waals surface area contributed by atoms with Crippen LogP contribution >= 0.6 is 0 Å². The lowest BCUT2D eigenvalue weighted by atomic mass is 9.94. The van der Waals surface area contributed by atoms with Gasteiger partial charge in [0.2, 0.25) is 5.91 Å². The van der Waals surface area contributed by atoms with Gasteiger partial charge in [-0.1, -0.05) is 12.1 Å². The zero-order chi connectivity index (χ0) is 24.0. The first-order valence-corrected chi connectivity index (χ1v) is 11.3. The predicted molar refractivity (Wildman–Crippen MR) is 117 cm³/mol. The monoisotopic (exact) mass is 476 g/mol. The lowest BCUT2D eigenvalue weighted by Crippen LogP contribution is -2.59.